The molecule has 0 amide bonds. The van der Waals surface area contributed by atoms with Gasteiger partial charge in [-0.15, -0.1) is 0 Å². The summed E-state index contributed by atoms with van der Waals surface area (Å²) in [6.07, 6.45) is 0. The summed E-state index contributed by atoms with van der Waals surface area (Å²) in [5.41, 5.74) is 0.884. The molecule has 0 spiro atoms. The number of hydrogen-bond acceptors (Lipinski definition) is 7. The fourth-order valence-electron chi connectivity index (χ4n) is 2.14. The van der Waals surface area contributed by atoms with Crippen molar-refractivity contribution in [1.29, 1.82) is 0 Å². The van der Waals surface area contributed by atoms with Crippen molar-refractivity contribution in [2.45, 2.75) is 13.8 Å². The van der Waals surface area contributed by atoms with Crippen molar-refractivity contribution in [3.8, 4) is 11.5 Å². The number of esters is 2. The molecule has 26 heavy (non-hydrogen) atoms. The number of phenols is 2. The van der Waals surface area contributed by atoms with Gasteiger partial charge in [0, 0.05) is 0 Å². The van der Waals surface area contributed by atoms with Gasteiger partial charge >= 0.3 is 11.9 Å². The van der Waals surface area contributed by atoms with Crippen LogP contribution in [0.3, 0.4) is 0 Å². The van der Waals surface area contributed by atoms with Gasteiger partial charge in [-0.25, -0.2) is 9.59 Å². The molecule has 0 fully saturated rings. The average molecular weight is 358 g/mol. The number of carbonyl (C=O) groups excluding carboxylic acids is 3. The van der Waals surface area contributed by atoms with E-state index in [1.807, 2.05) is 0 Å². The number of phenolic OH excluding ortho intramolecular Hbond substituents is 2. The molecule has 0 heterocycles. The van der Waals surface area contributed by atoms with E-state index in [2.05, 4.69) is 0 Å². The van der Waals surface area contributed by atoms with Gasteiger partial charge in [-0.3, -0.25) is 4.79 Å². The maximum atomic E-state index is 11.9. The molecule has 2 N–H and O–H groups in total. The van der Waals surface area contributed by atoms with E-state index in [0.29, 0.717) is 11.1 Å². The van der Waals surface area contributed by atoms with E-state index in [4.69, 9.17) is 9.47 Å². The first-order chi connectivity index (χ1) is 12.3. The Bertz CT molecular complexity index is 785. The van der Waals surface area contributed by atoms with Crippen LogP contribution < -0.4 is 0 Å². The molecule has 2 rings (SSSR count). The Morgan fingerprint density at radius 2 is 1.15 bits per heavy atom. The SMILES string of the molecule is Cc1cccc(C(=O)OCC(=O)COC(=O)c2cccc(C)c2O)c1O. The molecule has 136 valence electrons. The van der Waals surface area contributed by atoms with Crippen LogP contribution in [0.1, 0.15) is 31.8 Å². The number of aryl methyl sites for hydroxylation is 2. The zero-order chi connectivity index (χ0) is 19.3. The fourth-order valence-corrected chi connectivity index (χ4v) is 2.14. The highest BCUT2D eigenvalue weighted by Crippen LogP contribution is 2.23. The van der Waals surface area contributed by atoms with Crippen molar-refractivity contribution < 1.29 is 34.1 Å². The number of ether oxygens (including phenoxy) is 2. The minimum Gasteiger partial charge on any atom is -0.507 e. The Balaban J connectivity index is 1.87. The van der Waals surface area contributed by atoms with E-state index >= 15 is 0 Å². The van der Waals surface area contributed by atoms with E-state index < -0.39 is 30.9 Å². The third-order valence-electron chi connectivity index (χ3n) is 3.64. The summed E-state index contributed by atoms with van der Waals surface area (Å²) in [6.45, 7) is 2.02. The van der Waals surface area contributed by atoms with Crippen LogP contribution in [0.5, 0.6) is 11.5 Å². The molecule has 0 aliphatic rings. The largest absolute Gasteiger partial charge is 0.507 e. The molecule has 0 saturated carbocycles. The van der Waals surface area contributed by atoms with Crippen molar-refractivity contribution >= 4 is 17.7 Å². The Morgan fingerprint density at radius 1 is 0.769 bits per heavy atom. The van der Waals surface area contributed by atoms with Crippen molar-refractivity contribution in [3.63, 3.8) is 0 Å². The molecule has 2 aromatic rings. The van der Waals surface area contributed by atoms with Crippen LogP contribution in [-0.4, -0.2) is 41.1 Å². The molecule has 0 radical (unpaired) electrons. The monoisotopic (exact) mass is 358 g/mol. The Labute approximate surface area is 149 Å². The lowest BCUT2D eigenvalue weighted by atomic mass is 10.1. The average Bonchev–Trinajstić information content (AvgIpc) is 2.62. The summed E-state index contributed by atoms with van der Waals surface area (Å²) in [5.74, 6) is -2.80. The van der Waals surface area contributed by atoms with Gasteiger partial charge in [-0.1, -0.05) is 24.3 Å². The van der Waals surface area contributed by atoms with Gasteiger partial charge in [-0.05, 0) is 37.1 Å². The normalized spacial score (nSPS) is 10.2. The summed E-state index contributed by atoms with van der Waals surface area (Å²) in [6, 6.07) is 9.13. The summed E-state index contributed by atoms with van der Waals surface area (Å²) in [4.78, 5) is 35.5. The number of aromatic hydroxyl groups is 2. The van der Waals surface area contributed by atoms with Crippen LogP contribution in [0.15, 0.2) is 36.4 Å². The van der Waals surface area contributed by atoms with Gasteiger partial charge in [0.1, 0.15) is 22.6 Å². The zero-order valence-corrected chi connectivity index (χ0v) is 14.3. The van der Waals surface area contributed by atoms with E-state index in [9.17, 15) is 24.6 Å². The van der Waals surface area contributed by atoms with Gasteiger partial charge < -0.3 is 19.7 Å². The summed E-state index contributed by atoms with van der Waals surface area (Å²) in [5, 5.41) is 19.6. The summed E-state index contributed by atoms with van der Waals surface area (Å²) < 4.78 is 9.63. The second-order valence-corrected chi connectivity index (χ2v) is 5.63. The van der Waals surface area contributed by atoms with Gasteiger partial charge in [0.15, 0.2) is 13.2 Å². The predicted molar refractivity (Wildman–Crippen MR) is 91.3 cm³/mol. The van der Waals surface area contributed by atoms with Crippen LogP contribution in [-0.2, 0) is 14.3 Å². The third-order valence-corrected chi connectivity index (χ3v) is 3.64. The quantitative estimate of drug-likeness (QED) is 0.762. The highest BCUT2D eigenvalue weighted by molar-refractivity contribution is 5.96. The summed E-state index contributed by atoms with van der Waals surface area (Å²) >= 11 is 0. The maximum absolute atomic E-state index is 11.9. The first-order valence-corrected chi connectivity index (χ1v) is 7.74. The van der Waals surface area contributed by atoms with Crippen molar-refractivity contribution in [1.82, 2.24) is 0 Å². The van der Waals surface area contributed by atoms with Crippen LogP contribution >= 0.6 is 0 Å². The number of hydrogen-bond donors (Lipinski definition) is 2. The van der Waals surface area contributed by atoms with Gasteiger partial charge in [0.2, 0.25) is 5.78 Å². The molecule has 0 atom stereocenters. The Kier molecular flexibility index (Phi) is 5.95. The first kappa shape index (κ1) is 19.0. The fraction of sp³-hybridized carbons (Fsp3) is 0.211. The minimum absolute atomic E-state index is 0.0560. The Morgan fingerprint density at radius 3 is 1.54 bits per heavy atom. The van der Waals surface area contributed by atoms with E-state index in [-0.39, 0.29) is 22.6 Å². The minimum atomic E-state index is -0.859. The third kappa shape index (κ3) is 4.38. The molecule has 0 saturated heterocycles. The second-order valence-electron chi connectivity index (χ2n) is 5.63. The van der Waals surface area contributed by atoms with Gasteiger partial charge in [-0.2, -0.15) is 0 Å². The topological polar surface area (TPSA) is 110 Å². The molecule has 0 aromatic heterocycles. The van der Waals surface area contributed by atoms with Crippen LogP contribution in [0.25, 0.3) is 0 Å². The van der Waals surface area contributed by atoms with Crippen LogP contribution in [0.2, 0.25) is 0 Å². The number of benzene rings is 2. The lowest BCUT2D eigenvalue weighted by molar-refractivity contribution is -0.125. The molecule has 7 nitrogen and oxygen atoms in total. The Hall–Kier alpha value is -3.35. The van der Waals surface area contributed by atoms with Gasteiger partial charge in [0.05, 0.1) is 0 Å². The lowest BCUT2D eigenvalue weighted by Crippen LogP contribution is -2.21. The summed E-state index contributed by atoms with van der Waals surface area (Å²) in [7, 11) is 0. The lowest BCUT2D eigenvalue weighted by Gasteiger charge is -2.09. The molecule has 7 heteroatoms. The first-order valence-electron chi connectivity index (χ1n) is 7.74. The van der Waals surface area contributed by atoms with Crippen LogP contribution in [0, 0.1) is 13.8 Å². The second kappa shape index (κ2) is 8.15. The van der Waals surface area contributed by atoms with E-state index in [0.717, 1.165) is 0 Å². The highest BCUT2D eigenvalue weighted by Gasteiger charge is 2.18. The van der Waals surface area contributed by atoms with Crippen molar-refractivity contribution in [2.75, 3.05) is 13.2 Å². The number of Topliss-reactive ketones (excluding diaryl/α,β-unsaturated/α-hetero) is 1. The van der Waals surface area contributed by atoms with E-state index in [1.165, 1.54) is 12.1 Å². The molecule has 0 aliphatic carbocycles. The van der Waals surface area contributed by atoms with E-state index in [1.54, 1.807) is 38.1 Å². The standard InChI is InChI=1S/C19H18O7/c1-11-5-3-7-14(16(11)21)18(23)25-9-13(20)10-26-19(24)15-8-4-6-12(2)17(15)22/h3-8,21-22H,9-10H2,1-2H3. The number of para-hydroxylation sites is 2. The molecular formula is C19H18O7. The number of rotatable bonds is 6. The number of ketones is 1. The van der Waals surface area contributed by atoms with Crippen LogP contribution in [0.4, 0.5) is 0 Å². The maximum Gasteiger partial charge on any atom is 0.342 e. The molecule has 0 bridgehead atoms. The smallest absolute Gasteiger partial charge is 0.342 e. The van der Waals surface area contributed by atoms with Crippen molar-refractivity contribution in [3.05, 3.63) is 58.7 Å². The predicted octanol–water partition coefficient (Wildman–Crippen LogP) is 2.30. The highest BCUT2D eigenvalue weighted by atomic mass is 16.6. The number of carbonyl (C=O) groups is 3. The molecule has 0 unspecified atom stereocenters. The zero-order valence-electron chi connectivity index (χ0n) is 14.3. The van der Waals surface area contributed by atoms with Crippen molar-refractivity contribution in [2.24, 2.45) is 0 Å². The molecule has 0 aliphatic heterocycles. The van der Waals surface area contributed by atoms with Gasteiger partial charge in [0.25, 0.3) is 0 Å². The molecule has 2 aromatic carbocycles. The molecular weight excluding hydrogens is 340 g/mol.